The highest BCUT2D eigenvalue weighted by Crippen LogP contribution is 2.45. The molecule has 1 aromatic carbocycles. The summed E-state index contributed by atoms with van der Waals surface area (Å²) in [6.45, 7) is 0.480. The Morgan fingerprint density at radius 3 is 2.57 bits per heavy atom. The number of nitrogens with zero attached hydrogens (tertiary/aromatic N) is 1. The van der Waals surface area contributed by atoms with Crippen molar-refractivity contribution in [2.45, 2.75) is 12.5 Å². The summed E-state index contributed by atoms with van der Waals surface area (Å²) in [5.74, 6) is 1.24. The summed E-state index contributed by atoms with van der Waals surface area (Å²) in [5.41, 5.74) is 2.03. The molecular weight excluding hydrogens is 473 g/mol. The summed E-state index contributed by atoms with van der Waals surface area (Å²) in [6.07, 6.45) is 1.91. The van der Waals surface area contributed by atoms with Crippen molar-refractivity contribution in [3.05, 3.63) is 20.8 Å². The fraction of sp³-hybridized carbons (Fsp3) is 0.538. The first kappa shape index (κ1) is 17.3. The fourth-order valence-corrected chi connectivity index (χ4v) is 5.48. The lowest BCUT2D eigenvalue weighted by Gasteiger charge is -2.36. The second-order valence-corrected chi connectivity index (χ2v) is 8.52. The Kier molecular flexibility index (Phi) is 5.43. The maximum atomic E-state index is 12.0. The molecule has 1 unspecified atom stereocenters. The molecule has 0 aliphatic carbocycles. The highest BCUT2D eigenvalue weighted by Gasteiger charge is 2.36. The molecule has 1 heterocycles. The first-order chi connectivity index (χ1) is 9.85. The first-order valence-corrected chi connectivity index (χ1v) is 10.4. The highest BCUT2D eigenvalue weighted by atomic mass is 127. The average molecular weight is 490 g/mol. The second-order valence-electron chi connectivity index (χ2n) is 4.78. The van der Waals surface area contributed by atoms with Gasteiger partial charge in [0.05, 0.1) is 26.5 Å². The van der Waals surface area contributed by atoms with Crippen LogP contribution in [-0.2, 0) is 16.4 Å². The number of sulfonamides is 1. The minimum absolute atomic E-state index is 0.290. The molecule has 1 aliphatic heterocycles. The Morgan fingerprint density at radius 2 is 2.10 bits per heavy atom. The molecule has 1 atom stereocenters. The number of hydrogen-bond donors (Lipinski definition) is 0. The molecule has 1 aliphatic rings. The smallest absolute Gasteiger partial charge is 0.211 e. The van der Waals surface area contributed by atoms with Crippen molar-refractivity contribution in [1.82, 2.24) is 4.31 Å². The van der Waals surface area contributed by atoms with Gasteiger partial charge in [-0.1, -0.05) is 15.9 Å². The van der Waals surface area contributed by atoms with Crippen LogP contribution >= 0.6 is 38.5 Å². The average Bonchev–Trinajstić information content (AvgIpc) is 2.44. The molecule has 0 radical (unpaired) electrons. The molecule has 2 rings (SSSR count). The number of benzene rings is 1. The van der Waals surface area contributed by atoms with Crippen molar-refractivity contribution in [2.24, 2.45) is 0 Å². The summed E-state index contributed by atoms with van der Waals surface area (Å²) in [6, 6.07) is 1.64. The van der Waals surface area contributed by atoms with Crippen molar-refractivity contribution in [3.8, 4) is 11.5 Å². The Balaban J connectivity index is 2.71. The third kappa shape index (κ3) is 3.18. The lowest BCUT2D eigenvalue weighted by Crippen LogP contribution is -2.40. The maximum absolute atomic E-state index is 12.0. The van der Waals surface area contributed by atoms with Gasteiger partial charge in [-0.15, -0.1) is 0 Å². The number of hydrogen-bond acceptors (Lipinski definition) is 4. The Labute approximate surface area is 147 Å². The van der Waals surface area contributed by atoms with Crippen LogP contribution in [0.25, 0.3) is 0 Å². The first-order valence-electron chi connectivity index (χ1n) is 6.31. The molecule has 21 heavy (non-hydrogen) atoms. The zero-order chi connectivity index (χ0) is 15.8. The molecule has 0 saturated heterocycles. The van der Waals surface area contributed by atoms with E-state index < -0.39 is 10.0 Å². The topological polar surface area (TPSA) is 55.8 Å². The molecule has 8 heteroatoms. The monoisotopic (exact) mass is 489 g/mol. The standard InChI is InChI=1S/C13H17BrINO4S/c1-19-11-6-9(15)8-4-5-16(21(3,17)18)10(7-14)12(8)13(11)20-2/h6,10H,4-5,7H2,1-3H3. The zero-order valence-electron chi connectivity index (χ0n) is 12.0. The van der Waals surface area contributed by atoms with Crippen LogP contribution in [0, 0.1) is 3.57 Å². The molecule has 0 aromatic heterocycles. The third-order valence-corrected chi connectivity index (χ3v) is 6.46. The molecule has 118 valence electrons. The number of halogens is 2. The van der Waals surface area contributed by atoms with E-state index in [0.717, 1.165) is 14.7 Å². The van der Waals surface area contributed by atoms with Gasteiger partial charge in [-0.2, -0.15) is 4.31 Å². The molecule has 0 N–H and O–H groups in total. The zero-order valence-corrected chi connectivity index (χ0v) is 16.6. The van der Waals surface area contributed by atoms with E-state index in [1.807, 2.05) is 6.07 Å². The predicted molar refractivity (Wildman–Crippen MR) is 94.1 cm³/mol. The minimum Gasteiger partial charge on any atom is -0.493 e. The van der Waals surface area contributed by atoms with Gasteiger partial charge in [-0.05, 0) is 40.6 Å². The Hall–Kier alpha value is -0.0600. The van der Waals surface area contributed by atoms with Crippen molar-refractivity contribution in [2.75, 3.05) is 32.4 Å². The molecule has 0 fully saturated rings. The highest BCUT2D eigenvalue weighted by molar-refractivity contribution is 14.1. The summed E-state index contributed by atoms with van der Waals surface area (Å²) >= 11 is 5.70. The van der Waals surface area contributed by atoms with E-state index >= 15 is 0 Å². The van der Waals surface area contributed by atoms with E-state index in [-0.39, 0.29) is 6.04 Å². The second kappa shape index (κ2) is 6.59. The van der Waals surface area contributed by atoms with Crippen LogP contribution in [-0.4, -0.2) is 45.1 Å². The van der Waals surface area contributed by atoms with Gasteiger partial charge in [0.1, 0.15) is 0 Å². The Bertz CT molecular complexity index is 650. The molecule has 0 saturated carbocycles. The molecular formula is C13H17BrINO4S. The van der Waals surface area contributed by atoms with Gasteiger partial charge in [0.15, 0.2) is 11.5 Å². The van der Waals surface area contributed by atoms with E-state index in [0.29, 0.717) is 29.8 Å². The normalized spacial score (nSPS) is 19.2. The van der Waals surface area contributed by atoms with E-state index in [2.05, 4.69) is 38.5 Å². The largest absolute Gasteiger partial charge is 0.493 e. The molecule has 0 amide bonds. The van der Waals surface area contributed by atoms with Gasteiger partial charge in [0, 0.05) is 21.0 Å². The van der Waals surface area contributed by atoms with Crippen molar-refractivity contribution >= 4 is 48.5 Å². The van der Waals surface area contributed by atoms with E-state index in [1.165, 1.54) is 10.6 Å². The summed E-state index contributed by atoms with van der Waals surface area (Å²) in [7, 11) is -0.120. The van der Waals surface area contributed by atoms with Crippen molar-refractivity contribution < 1.29 is 17.9 Å². The van der Waals surface area contributed by atoms with Crippen LogP contribution in [0.4, 0.5) is 0 Å². The van der Waals surface area contributed by atoms with Gasteiger partial charge >= 0.3 is 0 Å². The quantitative estimate of drug-likeness (QED) is 0.481. The van der Waals surface area contributed by atoms with Crippen molar-refractivity contribution in [3.63, 3.8) is 0 Å². The van der Waals surface area contributed by atoms with Gasteiger partial charge in [-0.25, -0.2) is 8.42 Å². The Morgan fingerprint density at radius 1 is 1.43 bits per heavy atom. The fourth-order valence-electron chi connectivity index (χ4n) is 2.71. The van der Waals surface area contributed by atoms with Crippen molar-refractivity contribution in [1.29, 1.82) is 0 Å². The van der Waals surface area contributed by atoms with Gasteiger partial charge in [-0.3, -0.25) is 0 Å². The molecule has 0 spiro atoms. The third-order valence-electron chi connectivity index (χ3n) is 3.60. The number of methoxy groups -OCH3 is 2. The minimum atomic E-state index is -3.28. The van der Waals surface area contributed by atoms with Crippen LogP contribution in [0.15, 0.2) is 6.07 Å². The van der Waals surface area contributed by atoms with Gasteiger partial charge in [0.25, 0.3) is 0 Å². The van der Waals surface area contributed by atoms with Gasteiger partial charge in [0.2, 0.25) is 10.0 Å². The number of alkyl halides is 1. The van der Waals surface area contributed by atoms with E-state index in [1.54, 1.807) is 14.2 Å². The predicted octanol–water partition coefficient (Wildman–Crippen LogP) is 2.56. The number of rotatable bonds is 4. The molecule has 0 bridgehead atoms. The van der Waals surface area contributed by atoms with Gasteiger partial charge < -0.3 is 9.47 Å². The summed E-state index contributed by atoms with van der Waals surface area (Å²) < 4.78 is 37.6. The van der Waals surface area contributed by atoms with Crippen LogP contribution < -0.4 is 9.47 Å². The number of fused-ring (bicyclic) bond motifs is 1. The summed E-state index contributed by atoms with van der Waals surface area (Å²) in [5, 5.41) is 0.507. The molecule has 5 nitrogen and oxygen atoms in total. The van der Waals surface area contributed by atoms with Crippen LogP contribution in [0.1, 0.15) is 17.2 Å². The van der Waals surface area contributed by atoms with Crippen LogP contribution in [0.3, 0.4) is 0 Å². The lowest BCUT2D eigenvalue weighted by atomic mass is 9.94. The van der Waals surface area contributed by atoms with E-state index in [9.17, 15) is 8.42 Å². The van der Waals surface area contributed by atoms with Crippen LogP contribution in [0.2, 0.25) is 0 Å². The summed E-state index contributed by atoms with van der Waals surface area (Å²) in [4.78, 5) is 0. The lowest BCUT2D eigenvalue weighted by molar-refractivity contribution is 0.305. The molecule has 1 aromatic rings. The number of ether oxygens (including phenoxy) is 2. The van der Waals surface area contributed by atoms with Crippen LogP contribution in [0.5, 0.6) is 11.5 Å². The SMILES string of the molecule is COc1cc(I)c2c(c1OC)C(CBr)N(S(C)(=O)=O)CC2. The maximum Gasteiger partial charge on any atom is 0.211 e. The van der Waals surface area contributed by atoms with E-state index in [4.69, 9.17) is 9.47 Å².